The largest absolute Gasteiger partial charge is 0.386 e. The summed E-state index contributed by atoms with van der Waals surface area (Å²) in [6, 6.07) is 2.94. The van der Waals surface area contributed by atoms with Crippen molar-refractivity contribution in [3.8, 4) is 0 Å². The Balaban J connectivity index is 2.34. The zero-order valence-electron chi connectivity index (χ0n) is 20.5. The highest BCUT2D eigenvalue weighted by Crippen LogP contribution is 2.25. The Morgan fingerprint density at radius 3 is 2.87 bits per heavy atom. The third kappa shape index (κ3) is 4.03. The van der Waals surface area contributed by atoms with Gasteiger partial charge in [-0.05, 0) is 25.8 Å². The molecule has 0 fully saturated rings. The summed E-state index contributed by atoms with van der Waals surface area (Å²) in [6.07, 6.45) is 0.275. The fourth-order valence-corrected chi connectivity index (χ4v) is 1.96. The highest BCUT2D eigenvalue weighted by molar-refractivity contribution is 6.34. The number of anilines is 2. The average Bonchev–Trinajstić information content (AvgIpc) is 2.57. The Labute approximate surface area is 151 Å². The van der Waals surface area contributed by atoms with Gasteiger partial charge in [0, 0.05) is 36.6 Å². The van der Waals surface area contributed by atoms with Crippen LogP contribution in [-0.4, -0.2) is 20.9 Å². The molecular weight excluding hydrogens is 321 g/mol. The SMILES string of the molecule is [2H]C([2H])([2H])CC(=O)c1cnc(Nc2ccc(C(O)(C([2H])([2H])[2H])C([2H])([2H])[2H])c(F)n2)cc1Cl. The first kappa shape index (κ1) is 8.70. The van der Waals surface area contributed by atoms with Crippen LogP contribution in [0.4, 0.5) is 16.0 Å². The molecule has 0 aliphatic rings. The van der Waals surface area contributed by atoms with Crippen LogP contribution in [0.15, 0.2) is 24.4 Å². The number of hydrogen-bond acceptors (Lipinski definition) is 5. The van der Waals surface area contributed by atoms with E-state index in [4.69, 9.17) is 23.9 Å². The molecule has 23 heavy (non-hydrogen) atoms. The first-order chi connectivity index (χ1) is 14.4. The second-order valence-electron chi connectivity index (χ2n) is 4.52. The van der Waals surface area contributed by atoms with E-state index in [1.807, 2.05) is 0 Å². The maximum atomic E-state index is 14.6. The normalized spacial score (nSPS) is 18.8. The summed E-state index contributed by atoms with van der Waals surface area (Å²) in [5, 5.41) is 12.8. The first-order valence-electron chi connectivity index (χ1n) is 10.7. The van der Waals surface area contributed by atoms with Crippen molar-refractivity contribution < 1.29 is 26.6 Å². The van der Waals surface area contributed by atoms with E-state index in [1.54, 1.807) is 0 Å². The lowest BCUT2D eigenvalue weighted by Gasteiger charge is -2.18. The molecule has 2 N–H and O–H groups in total. The van der Waals surface area contributed by atoms with E-state index in [2.05, 4.69) is 15.3 Å². The van der Waals surface area contributed by atoms with E-state index in [0.29, 0.717) is 0 Å². The molecule has 0 radical (unpaired) electrons. The average molecular weight is 347 g/mol. The summed E-state index contributed by atoms with van der Waals surface area (Å²) >= 11 is 6.00. The number of pyridine rings is 2. The molecule has 2 heterocycles. The number of Topliss-reactive ketones (excluding diaryl/α,β-unsaturated/α-hetero) is 1. The van der Waals surface area contributed by atoms with Crippen molar-refractivity contribution in [3.05, 3.63) is 46.5 Å². The summed E-state index contributed by atoms with van der Waals surface area (Å²) in [5.41, 5.74) is -4.68. The van der Waals surface area contributed by atoms with E-state index in [-0.39, 0.29) is 22.2 Å². The van der Waals surface area contributed by atoms with Crippen LogP contribution in [0.3, 0.4) is 0 Å². The van der Waals surface area contributed by atoms with Gasteiger partial charge in [0.05, 0.1) is 16.2 Å². The fraction of sp³-hybridized carbons (Fsp3) is 0.312. The van der Waals surface area contributed by atoms with Gasteiger partial charge >= 0.3 is 0 Å². The van der Waals surface area contributed by atoms with Gasteiger partial charge in [-0.2, -0.15) is 4.39 Å². The quantitative estimate of drug-likeness (QED) is 0.635. The van der Waals surface area contributed by atoms with Gasteiger partial charge in [0.1, 0.15) is 11.6 Å². The second-order valence-corrected chi connectivity index (χ2v) is 4.93. The number of aliphatic hydroxyl groups is 1. The standard InChI is InChI=1S/C16H17ClFN3O2/c1-4-12(22)9-8-19-14(7-11(9)17)20-13-6-5-10(15(18)21-13)16(2,3)23/h5-8,23H,4H2,1-3H3,(H,19,20,21)/i1D3,2D3,3D3. The molecule has 2 aromatic rings. The number of halogens is 2. The van der Waals surface area contributed by atoms with Crippen molar-refractivity contribution in [1.82, 2.24) is 9.97 Å². The number of hydrogen-bond donors (Lipinski definition) is 2. The molecule has 0 amide bonds. The number of rotatable bonds is 5. The lowest BCUT2D eigenvalue weighted by Crippen LogP contribution is -2.18. The molecule has 122 valence electrons. The van der Waals surface area contributed by atoms with Crippen LogP contribution in [0.5, 0.6) is 0 Å². The van der Waals surface area contributed by atoms with Crippen molar-refractivity contribution in [1.29, 1.82) is 0 Å². The zero-order chi connectivity index (χ0) is 24.7. The minimum absolute atomic E-state index is 0.0259. The molecule has 0 saturated carbocycles. The van der Waals surface area contributed by atoms with Crippen molar-refractivity contribution in [2.24, 2.45) is 0 Å². The molecule has 0 bridgehead atoms. The maximum Gasteiger partial charge on any atom is 0.220 e. The molecule has 0 atom stereocenters. The molecule has 0 unspecified atom stereocenters. The summed E-state index contributed by atoms with van der Waals surface area (Å²) in [4.78, 5) is 19.3. The van der Waals surface area contributed by atoms with Crippen LogP contribution in [0.2, 0.25) is 5.02 Å². The first-order valence-corrected chi connectivity index (χ1v) is 6.60. The van der Waals surface area contributed by atoms with Crippen molar-refractivity contribution >= 4 is 29.0 Å². The molecule has 2 rings (SSSR count). The van der Waals surface area contributed by atoms with Gasteiger partial charge in [-0.15, -0.1) is 0 Å². The highest BCUT2D eigenvalue weighted by Gasteiger charge is 2.21. The van der Waals surface area contributed by atoms with Crippen molar-refractivity contribution in [3.63, 3.8) is 0 Å². The Hall–Kier alpha value is -2.05. The number of nitrogens with one attached hydrogen (secondary N) is 1. The number of carbonyl (C=O) groups is 1. The second kappa shape index (κ2) is 6.60. The van der Waals surface area contributed by atoms with Crippen LogP contribution in [-0.2, 0) is 5.60 Å². The van der Waals surface area contributed by atoms with Crippen LogP contribution in [0.25, 0.3) is 0 Å². The van der Waals surface area contributed by atoms with E-state index in [1.165, 1.54) is 0 Å². The molecule has 0 spiro atoms. The Morgan fingerprint density at radius 1 is 1.48 bits per heavy atom. The summed E-state index contributed by atoms with van der Waals surface area (Å²) in [7, 11) is 0. The van der Waals surface area contributed by atoms with E-state index >= 15 is 0 Å². The van der Waals surface area contributed by atoms with Crippen LogP contribution in [0, 0.1) is 5.95 Å². The van der Waals surface area contributed by atoms with E-state index in [9.17, 15) is 14.3 Å². The summed E-state index contributed by atoms with van der Waals surface area (Å²) in [6.45, 7) is -9.46. The Morgan fingerprint density at radius 2 is 2.26 bits per heavy atom. The third-order valence-corrected chi connectivity index (χ3v) is 3.12. The van der Waals surface area contributed by atoms with Crippen LogP contribution in [0.1, 0.15) is 55.2 Å². The monoisotopic (exact) mass is 346 g/mol. The number of carbonyl (C=O) groups excluding carboxylic acids is 1. The van der Waals surface area contributed by atoms with Crippen molar-refractivity contribution in [2.75, 3.05) is 5.32 Å². The lowest BCUT2D eigenvalue weighted by atomic mass is 10.0. The lowest BCUT2D eigenvalue weighted by molar-refractivity contribution is 0.0737. The van der Waals surface area contributed by atoms with Gasteiger partial charge in [0.25, 0.3) is 0 Å². The number of nitrogens with zero attached hydrogens (tertiary/aromatic N) is 2. The predicted molar refractivity (Wildman–Crippen MR) is 86.6 cm³/mol. The van der Waals surface area contributed by atoms with Gasteiger partial charge < -0.3 is 10.4 Å². The molecule has 0 aliphatic heterocycles. The van der Waals surface area contributed by atoms with Crippen LogP contribution >= 0.6 is 11.6 Å². The van der Waals surface area contributed by atoms with Crippen molar-refractivity contribution in [2.45, 2.75) is 32.6 Å². The minimum atomic E-state index is -3.50. The molecule has 2 aromatic heterocycles. The molecular formula is C16H17ClFN3O2. The zero-order valence-corrected chi connectivity index (χ0v) is 12.3. The van der Waals surface area contributed by atoms with Gasteiger partial charge in [0.2, 0.25) is 5.95 Å². The predicted octanol–water partition coefficient (Wildman–Crippen LogP) is 3.83. The van der Waals surface area contributed by atoms with Crippen LogP contribution < -0.4 is 5.32 Å². The van der Waals surface area contributed by atoms with Gasteiger partial charge in [-0.3, -0.25) is 4.79 Å². The highest BCUT2D eigenvalue weighted by atomic mass is 35.5. The smallest absolute Gasteiger partial charge is 0.220 e. The summed E-state index contributed by atoms with van der Waals surface area (Å²) in [5.74, 6) is -2.56. The van der Waals surface area contributed by atoms with E-state index in [0.717, 1.165) is 24.4 Å². The fourth-order valence-electron chi connectivity index (χ4n) is 1.70. The molecule has 7 heteroatoms. The molecule has 0 aromatic carbocycles. The Kier molecular flexibility index (Phi) is 2.50. The molecule has 0 aliphatic carbocycles. The number of aromatic nitrogens is 2. The van der Waals surface area contributed by atoms with Gasteiger partial charge in [-0.25, -0.2) is 9.97 Å². The van der Waals surface area contributed by atoms with Gasteiger partial charge in [0.15, 0.2) is 5.78 Å². The third-order valence-electron chi connectivity index (χ3n) is 2.81. The molecule has 0 saturated heterocycles. The topological polar surface area (TPSA) is 75.1 Å². The van der Waals surface area contributed by atoms with Gasteiger partial charge in [-0.1, -0.05) is 18.5 Å². The Bertz CT molecular complexity index is 1010. The molecule has 5 nitrogen and oxygen atoms in total. The minimum Gasteiger partial charge on any atom is -0.386 e. The number of ketones is 1. The maximum absolute atomic E-state index is 14.6. The summed E-state index contributed by atoms with van der Waals surface area (Å²) < 4.78 is 80.2. The van der Waals surface area contributed by atoms with E-state index < -0.39 is 49.9 Å².